The Bertz CT molecular complexity index is 1100. The van der Waals surface area contributed by atoms with Crippen molar-refractivity contribution in [3.8, 4) is 17.1 Å². The average molecular weight is 403 g/mol. The van der Waals surface area contributed by atoms with E-state index in [-0.39, 0.29) is 6.61 Å². The van der Waals surface area contributed by atoms with Crippen LogP contribution in [0.5, 0.6) is 5.75 Å². The number of hydrogen-bond donors (Lipinski definition) is 0. The summed E-state index contributed by atoms with van der Waals surface area (Å²) < 4.78 is 13.2. The fraction of sp³-hybridized carbons (Fsp3) is 0.348. The van der Waals surface area contributed by atoms with Gasteiger partial charge in [0.1, 0.15) is 5.75 Å². The SMILES string of the molecule is c1ccc(OCc2nc(-c3ccc4c(c3)ncn4CCN3CCCCC3)no2)cc1. The predicted octanol–water partition coefficient (Wildman–Crippen LogP) is 4.15. The van der Waals surface area contributed by atoms with Gasteiger partial charge in [-0.25, -0.2) is 4.98 Å². The van der Waals surface area contributed by atoms with E-state index in [9.17, 15) is 0 Å². The molecule has 3 heterocycles. The maximum Gasteiger partial charge on any atom is 0.264 e. The molecule has 1 aliphatic heterocycles. The number of hydrogen-bond acceptors (Lipinski definition) is 6. The highest BCUT2D eigenvalue weighted by molar-refractivity contribution is 5.80. The van der Waals surface area contributed by atoms with Crippen molar-refractivity contribution in [2.24, 2.45) is 0 Å². The second-order valence-electron chi connectivity index (χ2n) is 7.66. The summed E-state index contributed by atoms with van der Waals surface area (Å²) in [6.07, 6.45) is 5.92. The van der Waals surface area contributed by atoms with Crippen LogP contribution < -0.4 is 4.74 Å². The van der Waals surface area contributed by atoms with Crippen molar-refractivity contribution in [3.05, 3.63) is 60.7 Å². The summed E-state index contributed by atoms with van der Waals surface area (Å²) in [5, 5.41) is 4.10. The quantitative estimate of drug-likeness (QED) is 0.462. The maximum absolute atomic E-state index is 5.68. The van der Waals surface area contributed by atoms with E-state index in [1.165, 1.54) is 32.4 Å². The van der Waals surface area contributed by atoms with E-state index in [0.717, 1.165) is 35.4 Å². The third-order valence-electron chi connectivity index (χ3n) is 5.56. The van der Waals surface area contributed by atoms with E-state index >= 15 is 0 Å². The second kappa shape index (κ2) is 8.67. The monoisotopic (exact) mass is 403 g/mol. The van der Waals surface area contributed by atoms with Gasteiger partial charge < -0.3 is 18.7 Å². The zero-order chi connectivity index (χ0) is 20.2. The molecule has 4 aromatic rings. The minimum absolute atomic E-state index is 0.240. The van der Waals surface area contributed by atoms with Crippen molar-refractivity contribution >= 4 is 11.0 Å². The Hall–Kier alpha value is -3.19. The molecule has 1 fully saturated rings. The van der Waals surface area contributed by atoms with Crippen molar-refractivity contribution in [3.63, 3.8) is 0 Å². The summed E-state index contributed by atoms with van der Waals surface area (Å²) in [7, 11) is 0. The maximum atomic E-state index is 5.68. The van der Waals surface area contributed by atoms with Crippen molar-refractivity contribution < 1.29 is 9.26 Å². The van der Waals surface area contributed by atoms with Gasteiger partial charge in [0.15, 0.2) is 6.61 Å². The molecule has 0 N–H and O–H groups in total. The van der Waals surface area contributed by atoms with E-state index in [4.69, 9.17) is 9.26 Å². The Labute approximate surface area is 175 Å². The fourth-order valence-corrected chi connectivity index (χ4v) is 3.91. The lowest BCUT2D eigenvalue weighted by Crippen LogP contribution is -2.32. The molecule has 30 heavy (non-hydrogen) atoms. The molecule has 5 rings (SSSR count). The number of nitrogens with zero attached hydrogens (tertiary/aromatic N) is 5. The van der Waals surface area contributed by atoms with Crippen LogP contribution in [0, 0.1) is 0 Å². The zero-order valence-electron chi connectivity index (χ0n) is 16.9. The Morgan fingerprint density at radius 3 is 2.70 bits per heavy atom. The van der Waals surface area contributed by atoms with Gasteiger partial charge in [-0.2, -0.15) is 4.98 Å². The van der Waals surface area contributed by atoms with Gasteiger partial charge in [0.05, 0.1) is 17.4 Å². The molecule has 2 aromatic heterocycles. The smallest absolute Gasteiger partial charge is 0.264 e. The Kier molecular flexibility index (Phi) is 5.44. The van der Waals surface area contributed by atoms with Gasteiger partial charge in [-0.05, 0) is 56.3 Å². The molecule has 1 aliphatic rings. The number of likely N-dealkylation sites (tertiary alicyclic amines) is 1. The largest absolute Gasteiger partial charge is 0.484 e. The van der Waals surface area contributed by atoms with Crippen LogP contribution in [0.4, 0.5) is 0 Å². The molecule has 0 radical (unpaired) electrons. The Balaban J connectivity index is 1.26. The number of rotatable bonds is 7. The van der Waals surface area contributed by atoms with Gasteiger partial charge in [0, 0.05) is 18.7 Å². The van der Waals surface area contributed by atoms with Crippen molar-refractivity contribution in [2.45, 2.75) is 32.4 Å². The first kappa shape index (κ1) is 18.8. The first-order valence-electron chi connectivity index (χ1n) is 10.5. The summed E-state index contributed by atoms with van der Waals surface area (Å²) >= 11 is 0. The highest BCUT2D eigenvalue weighted by Crippen LogP contribution is 2.22. The number of imidazole rings is 1. The van der Waals surface area contributed by atoms with Gasteiger partial charge in [-0.1, -0.05) is 29.8 Å². The van der Waals surface area contributed by atoms with Gasteiger partial charge in [-0.15, -0.1) is 0 Å². The van der Waals surface area contributed by atoms with Crippen LogP contribution in [0.3, 0.4) is 0 Å². The molecule has 0 aliphatic carbocycles. The van der Waals surface area contributed by atoms with Crippen LogP contribution in [-0.2, 0) is 13.2 Å². The molecule has 154 valence electrons. The van der Waals surface area contributed by atoms with Crippen molar-refractivity contribution in [1.82, 2.24) is 24.6 Å². The third-order valence-corrected chi connectivity index (χ3v) is 5.56. The molecule has 0 saturated carbocycles. The molecule has 7 nitrogen and oxygen atoms in total. The molecule has 0 atom stereocenters. The van der Waals surface area contributed by atoms with Crippen LogP contribution in [0.2, 0.25) is 0 Å². The van der Waals surface area contributed by atoms with Crippen LogP contribution in [0.25, 0.3) is 22.4 Å². The van der Waals surface area contributed by atoms with Gasteiger partial charge in [0.25, 0.3) is 5.89 Å². The summed E-state index contributed by atoms with van der Waals surface area (Å²) in [5.74, 6) is 1.77. The normalized spacial score (nSPS) is 14.9. The number of aromatic nitrogens is 4. The van der Waals surface area contributed by atoms with Crippen LogP contribution in [0.15, 0.2) is 59.4 Å². The van der Waals surface area contributed by atoms with E-state index < -0.39 is 0 Å². The number of para-hydroxylation sites is 1. The van der Waals surface area contributed by atoms with E-state index in [0.29, 0.717) is 11.7 Å². The number of benzene rings is 2. The van der Waals surface area contributed by atoms with Crippen LogP contribution in [0.1, 0.15) is 25.2 Å². The molecule has 2 aromatic carbocycles. The summed E-state index contributed by atoms with van der Waals surface area (Å²) in [5.41, 5.74) is 2.96. The highest BCUT2D eigenvalue weighted by atomic mass is 16.5. The minimum Gasteiger partial charge on any atom is -0.484 e. The molecular formula is C23H25N5O2. The minimum atomic E-state index is 0.240. The van der Waals surface area contributed by atoms with Crippen molar-refractivity contribution in [2.75, 3.05) is 19.6 Å². The first-order chi connectivity index (χ1) is 14.8. The van der Waals surface area contributed by atoms with Gasteiger partial charge >= 0.3 is 0 Å². The van der Waals surface area contributed by atoms with Crippen LogP contribution >= 0.6 is 0 Å². The molecule has 0 amide bonds. The van der Waals surface area contributed by atoms with Gasteiger partial charge in [-0.3, -0.25) is 0 Å². The standard InChI is InChI=1S/C23H25N5O2/c1-3-7-19(8-4-1)29-16-22-25-23(26-30-22)18-9-10-21-20(15-18)24-17-28(21)14-13-27-11-5-2-6-12-27/h1,3-4,7-10,15,17H,2,5-6,11-14,16H2. The van der Waals surface area contributed by atoms with E-state index in [1.807, 2.05) is 48.8 Å². The molecule has 0 spiro atoms. The average Bonchev–Trinajstić information content (AvgIpc) is 3.44. The predicted molar refractivity (Wildman–Crippen MR) is 114 cm³/mol. The van der Waals surface area contributed by atoms with Crippen LogP contribution in [-0.4, -0.2) is 44.2 Å². The number of fused-ring (bicyclic) bond motifs is 1. The van der Waals surface area contributed by atoms with E-state index in [1.54, 1.807) is 0 Å². The topological polar surface area (TPSA) is 69.2 Å². The third kappa shape index (κ3) is 4.21. The Morgan fingerprint density at radius 2 is 1.83 bits per heavy atom. The lowest BCUT2D eigenvalue weighted by atomic mass is 10.1. The van der Waals surface area contributed by atoms with Gasteiger partial charge in [0.2, 0.25) is 5.82 Å². The number of ether oxygens (including phenoxy) is 1. The molecular weight excluding hydrogens is 378 g/mol. The summed E-state index contributed by atoms with van der Waals surface area (Å²) in [4.78, 5) is 11.6. The first-order valence-corrected chi connectivity index (χ1v) is 10.5. The zero-order valence-corrected chi connectivity index (χ0v) is 16.9. The lowest BCUT2D eigenvalue weighted by molar-refractivity contribution is 0.221. The number of piperidine rings is 1. The van der Waals surface area contributed by atoms with Crippen molar-refractivity contribution in [1.29, 1.82) is 0 Å². The summed E-state index contributed by atoms with van der Waals surface area (Å²) in [6, 6.07) is 15.7. The molecule has 1 saturated heterocycles. The highest BCUT2D eigenvalue weighted by Gasteiger charge is 2.13. The summed E-state index contributed by atoms with van der Waals surface area (Å²) in [6.45, 7) is 4.70. The fourth-order valence-electron chi connectivity index (χ4n) is 3.91. The molecule has 7 heteroatoms. The van der Waals surface area contributed by atoms with E-state index in [2.05, 4.69) is 30.7 Å². The second-order valence-corrected chi connectivity index (χ2v) is 7.66. The molecule has 0 unspecified atom stereocenters. The lowest BCUT2D eigenvalue weighted by Gasteiger charge is -2.26. The Morgan fingerprint density at radius 1 is 0.967 bits per heavy atom. The molecule has 0 bridgehead atoms.